The van der Waals surface area contributed by atoms with Crippen molar-refractivity contribution in [3.8, 4) is 5.75 Å². The van der Waals surface area contributed by atoms with Gasteiger partial charge in [-0.2, -0.15) is 0 Å². The van der Waals surface area contributed by atoms with Crippen molar-refractivity contribution in [1.29, 1.82) is 0 Å². The number of aromatic hydroxyl groups is 1. The molecule has 4 unspecified atom stereocenters. The first-order chi connectivity index (χ1) is 18.8. The highest BCUT2D eigenvalue weighted by molar-refractivity contribution is 5.94. The molecule has 1 aromatic carbocycles. The number of carbonyl (C=O) groups is 5. The van der Waals surface area contributed by atoms with Gasteiger partial charge in [0.05, 0.1) is 12.4 Å². The predicted octanol–water partition coefficient (Wildman–Crippen LogP) is -0.322. The minimum absolute atomic E-state index is 0.00117. The summed E-state index contributed by atoms with van der Waals surface area (Å²) in [5, 5.41) is 35.7. The molecule has 0 aliphatic rings. The number of aromatic amines is 1. The number of aliphatic carboxylic acids is 2. The summed E-state index contributed by atoms with van der Waals surface area (Å²) in [4.78, 5) is 68.5. The molecule has 0 bridgehead atoms. The molecule has 14 heteroatoms. The quantitative estimate of drug-likeness (QED) is 0.133. The van der Waals surface area contributed by atoms with E-state index in [0.29, 0.717) is 11.3 Å². The summed E-state index contributed by atoms with van der Waals surface area (Å²) < 4.78 is 0. The Bertz CT molecular complexity index is 1150. The maximum absolute atomic E-state index is 13.4. The summed E-state index contributed by atoms with van der Waals surface area (Å²) in [7, 11) is 0. The van der Waals surface area contributed by atoms with Crippen LogP contribution < -0.4 is 21.7 Å². The molecule has 1 heterocycles. The molecule has 4 atom stereocenters. The van der Waals surface area contributed by atoms with Crippen LogP contribution in [0.25, 0.3) is 0 Å². The first-order valence-corrected chi connectivity index (χ1v) is 12.7. The molecular weight excluding hydrogens is 524 g/mol. The number of phenolic OH excluding ortho intramolecular Hbond substituents is 1. The zero-order valence-electron chi connectivity index (χ0n) is 22.3. The van der Waals surface area contributed by atoms with E-state index in [-0.39, 0.29) is 43.8 Å². The molecule has 0 saturated carbocycles. The highest BCUT2D eigenvalue weighted by atomic mass is 16.4. The van der Waals surface area contributed by atoms with Gasteiger partial charge in [-0.15, -0.1) is 0 Å². The van der Waals surface area contributed by atoms with Crippen LogP contribution in [-0.4, -0.2) is 79.1 Å². The number of rotatable bonds is 16. The fourth-order valence-electron chi connectivity index (χ4n) is 3.83. The van der Waals surface area contributed by atoms with Crippen LogP contribution in [0.4, 0.5) is 0 Å². The van der Waals surface area contributed by atoms with Gasteiger partial charge in [0.15, 0.2) is 0 Å². The van der Waals surface area contributed by atoms with Crippen molar-refractivity contribution in [1.82, 2.24) is 25.9 Å². The summed E-state index contributed by atoms with van der Waals surface area (Å²) in [5.74, 6) is -4.67. The number of amides is 3. The van der Waals surface area contributed by atoms with E-state index < -0.39 is 53.8 Å². The number of nitrogens with two attached hydrogens (primary N) is 1. The summed E-state index contributed by atoms with van der Waals surface area (Å²) >= 11 is 0. The van der Waals surface area contributed by atoms with Gasteiger partial charge < -0.3 is 42.0 Å². The smallest absolute Gasteiger partial charge is 0.326 e. The highest BCUT2D eigenvalue weighted by Crippen LogP contribution is 2.13. The number of hydrogen-bond donors (Lipinski definition) is 8. The minimum Gasteiger partial charge on any atom is -0.508 e. The molecule has 0 aliphatic heterocycles. The Morgan fingerprint density at radius 1 is 0.900 bits per heavy atom. The zero-order valence-corrected chi connectivity index (χ0v) is 22.3. The Morgan fingerprint density at radius 3 is 2.05 bits per heavy atom. The molecule has 9 N–H and O–H groups in total. The lowest BCUT2D eigenvalue weighted by molar-refractivity contribution is -0.142. The van der Waals surface area contributed by atoms with Crippen molar-refractivity contribution in [2.45, 2.75) is 70.1 Å². The second-order valence-electron chi connectivity index (χ2n) is 9.84. The lowest BCUT2D eigenvalue weighted by Gasteiger charge is -2.26. The lowest BCUT2D eigenvalue weighted by atomic mass is 10.00. The van der Waals surface area contributed by atoms with E-state index in [1.54, 1.807) is 12.1 Å². The van der Waals surface area contributed by atoms with Gasteiger partial charge in [-0.1, -0.05) is 26.0 Å². The molecule has 40 heavy (non-hydrogen) atoms. The number of carbonyl (C=O) groups excluding carboxylic acids is 3. The Morgan fingerprint density at radius 2 is 1.50 bits per heavy atom. The number of phenols is 1. The third kappa shape index (κ3) is 10.7. The Balaban J connectivity index is 2.22. The first kappa shape index (κ1) is 31.8. The Labute approximate surface area is 230 Å². The van der Waals surface area contributed by atoms with Gasteiger partial charge in [-0.05, 0) is 36.5 Å². The van der Waals surface area contributed by atoms with Crippen molar-refractivity contribution >= 4 is 29.7 Å². The number of carboxylic acids is 2. The zero-order chi connectivity index (χ0) is 29.8. The Hall–Kier alpha value is -4.46. The molecule has 0 fully saturated rings. The topological polar surface area (TPSA) is 237 Å². The number of aromatic nitrogens is 2. The van der Waals surface area contributed by atoms with E-state index in [4.69, 9.17) is 10.8 Å². The number of nitrogens with one attached hydrogen (secondary N) is 4. The average Bonchev–Trinajstić information content (AvgIpc) is 3.40. The summed E-state index contributed by atoms with van der Waals surface area (Å²) in [6.07, 6.45) is 2.41. The lowest BCUT2D eigenvalue weighted by Crippen LogP contribution is -2.58. The van der Waals surface area contributed by atoms with E-state index in [1.165, 1.54) is 24.7 Å². The van der Waals surface area contributed by atoms with Crippen LogP contribution in [0.1, 0.15) is 44.4 Å². The number of carboxylic acid groups (broad SMARTS) is 2. The maximum Gasteiger partial charge on any atom is 0.326 e. The molecule has 0 aliphatic carbocycles. The molecule has 0 saturated heterocycles. The van der Waals surface area contributed by atoms with E-state index in [1.807, 2.05) is 13.8 Å². The van der Waals surface area contributed by atoms with Crippen LogP contribution in [0.3, 0.4) is 0 Å². The molecule has 0 spiro atoms. The van der Waals surface area contributed by atoms with Gasteiger partial charge in [-0.3, -0.25) is 19.2 Å². The number of H-pyrrole nitrogens is 1. The highest BCUT2D eigenvalue weighted by Gasteiger charge is 2.31. The number of hydrogen-bond acceptors (Lipinski definition) is 8. The van der Waals surface area contributed by atoms with Crippen molar-refractivity contribution in [3.05, 3.63) is 48.0 Å². The first-order valence-electron chi connectivity index (χ1n) is 12.7. The molecule has 14 nitrogen and oxygen atoms in total. The average molecular weight is 561 g/mol. The third-order valence-electron chi connectivity index (χ3n) is 5.95. The summed E-state index contributed by atoms with van der Waals surface area (Å²) in [5.41, 5.74) is 6.88. The van der Waals surface area contributed by atoms with Gasteiger partial charge in [0.1, 0.15) is 23.9 Å². The van der Waals surface area contributed by atoms with Crippen LogP contribution >= 0.6 is 0 Å². The van der Waals surface area contributed by atoms with Gasteiger partial charge in [0, 0.05) is 31.2 Å². The largest absolute Gasteiger partial charge is 0.508 e. The number of nitrogens with zero attached hydrogens (tertiary/aromatic N) is 1. The minimum atomic E-state index is -1.29. The Kier molecular flexibility index (Phi) is 12.1. The van der Waals surface area contributed by atoms with Crippen LogP contribution in [-0.2, 0) is 36.8 Å². The molecule has 1 aromatic heterocycles. The van der Waals surface area contributed by atoms with Gasteiger partial charge in [0.25, 0.3) is 0 Å². The van der Waals surface area contributed by atoms with Crippen LogP contribution in [0, 0.1) is 5.92 Å². The van der Waals surface area contributed by atoms with Gasteiger partial charge in [0.2, 0.25) is 17.7 Å². The molecule has 3 amide bonds. The van der Waals surface area contributed by atoms with E-state index in [0.717, 1.165) is 0 Å². The van der Waals surface area contributed by atoms with Crippen molar-refractivity contribution < 1.29 is 39.3 Å². The second kappa shape index (κ2) is 15.2. The number of benzene rings is 1. The standard InChI is InChI=1S/C26H36N6O8/c1-14(2)9-19(24(37)32-21(26(39)40)11-16-12-28-13-29-16)31-25(38)20(10-15-3-5-17(33)6-4-15)30-23(36)18(27)7-8-22(34)35/h3-6,12-14,18-21,33H,7-11,27H2,1-2H3,(H,28,29)(H,30,36)(H,31,38)(H,32,37)(H,34,35)(H,39,40). The molecule has 2 rings (SSSR count). The molecule has 2 aromatic rings. The normalized spacial score (nSPS) is 14.0. The SMILES string of the molecule is CC(C)CC(NC(=O)C(Cc1ccc(O)cc1)NC(=O)C(N)CCC(=O)O)C(=O)NC(Cc1cnc[nH]1)C(=O)O. The van der Waals surface area contributed by atoms with Crippen molar-refractivity contribution in [2.75, 3.05) is 0 Å². The van der Waals surface area contributed by atoms with E-state index >= 15 is 0 Å². The monoisotopic (exact) mass is 560 g/mol. The van der Waals surface area contributed by atoms with Crippen LogP contribution in [0.5, 0.6) is 5.75 Å². The van der Waals surface area contributed by atoms with Crippen LogP contribution in [0.15, 0.2) is 36.8 Å². The van der Waals surface area contributed by atoms with Crippen molar-refractivity contribution in [3.63, 3.8) is 0 Å². The molecular formula is C26H36N6O8. The van der Waals surface area contributed by atoms with Crippen molar-refractivity contribution in [2.24, 2.45) is 11.7 Å². The number of imidazole rings is 1. The fraction of sp³-hybridized carbons (Fsp3) is 0.462. The van der Waals surface area contributed by atoms with E-state index in [2.05, 4.69) is 25.9 Å². The summed E-state index contributed by atoms with van der Waals surface area (Å²) in [6.45, 7) is 3.64. The fourth-order valence-corrected chi connectivity index (χ4v) is 3.83. The van der Waals surface area contributed by atoms with E-state index in [9.17, 15) is 34.2 Å². The summed E-state index contributed by atoms with van der Waals surface area (Å²) in [6, 6.07) is 1.09. The molecule has 218 valence electrons. The third-order valence-corrected chi connectivity index (χ3v) is 5.95. The maximum atomic E-state index is 13.4. The van der Waals surface area contributed by atoms with Gasteiger partial charge in [-0.25, -0.2) is 9.78 Å². The second-order valence-corrected chi connectivity index (χ2v) is 9.84. The molecule has 0 radical (unpaired) electrons. The van der Waals surface area contributed by atoms with Crippen LogP contribution in [0.2, 0.25) is 0 Å². The predicted molar refractivity (Wildman–Crippen MR) is 142 cm³/mol. The van der Waals surface area contributed by atoms with Gasteiger partial charge >= 0.3 is 11.9 Å².